The topological polar surface area (TPSA) is 114 Å². The molecule has 84 valence electrons. The summed E-state index contributed by atoms with van der Waals surface area (Å²) >= 11 is 0. The molecule has 0 unspecified atom stereocenters. The Balaban J connectivity index is 0. The molecular formula is C7H6Cs2O6S2. The minimum absolute atomic E-state index is 0. The van der Waals surface area contributed by atoms with Crippen LogP contribution in [0.2, 0.25) is 0 Å². The molecule has 0 aliphatic carbocycles. The maximum atomic E-state index is 10.6. The molecule has 0 aliphatic rings. The van der Waals surface area contributed by atoms with Crippen LogP contribution < -0.4 is 138 Å². The van der Waals surface area contributed by atoms with Gasteiger partial charge in [0.2, 0.25) is 0 Å². The van der Waals surface area contributed by atoms with E-state index in [1.165, 1.54) is 18.2 Å². The molecular weight excluding hydrogens is 510 g/mol. The molecule has 1 aromatic carbocycles. The summed E-state index contributed by atoms with van der Waals surface area (Å²) in [6.45, 7) is 0. The molecule has 0 spiro atoms. The number of hydrogen-bond donors (Lipinski definition) is 0. The van der Waals surface area contributed by atoms with E-state index in [9.17, 15) is 25.9 Å². The zero-order valence-electron chi connectivity index (χ0n) is 9.23. The van der Waals surface area contributed by atoms with Crippen molar-refractivity contribution >= 4 is 20.2 Å². The monoisotopic (exact) mass is 516 g/mol. The van der Waals surface area contributed by atoms with Crippen molar-refractivity contribution in [2.75, 3.05) is 0 Å². The van der Waals surface area contributed by atoms with Gasteiger partial charge in [0.25, 0.3) is 0 Å². The van der Waals surface area contributed by atoms with Crippen molar-refractivity contribution in [3.8, 4) is 0 Å². The van der Waals surface area contributed by atoms with E-state index >= 15 is 0 Å². The van der Waals surface area contributed by atoms with Crippen molar-refractivity contribution < 1.29 is 164 Å². The molecule has 1 aromatic rings. The first-order valence-corrected chi connectivity index (χ1v) is 6.61. The largest absolute Gasteiger partial charge is 1.00 e. The molecule has 0 atom stereocenters. The molecule has 17 heavy (non-hydrogen) atoms. The fourth-order valence-corrected chi connectivity index (χ4v) is 3.22. The molecule has 0 amide bonds. The summed E-state index contributed by atoms with van der Waals surface area (Å²) in [5.74, 6) is 0. The Labute approximate surface area is 218 Å². The Morgan fingerprint density at radius 1 is 0.824 bits per heavy atom. The zero-order chi connectivity index (χ0) is 11.7. The van der Waals surface area contributed by atoms with E-state index in [1.807, 2.05) is 0 Å². The molecule has 0 saturated heterocycles. The van der Waals surface area contributed by atoms with Crippen molar-refractivity contribution in [1.29, 1.82) is 0 Å². The predicted molar refractivity (Wildman–Crippen MR) is 48.6 cm³/mol. The number of benzene rings is 1. The zero-order valence-corrected chi connectivity index (χ0v) is 23.4. The fraction of sp³-hybridized carbons (Fsp3) is 0.143. The minimum atomic E-state index is -5.23. The van der Waals surface area contributed by atoms with Crippen LogP contribution in [0.4, 0.5) is 0 Å². The summed E-state index contributed by atoms with van der Waals surface area (Å²) < 4.78 is 61.3. The SMILES string of the molecule is O=S(=O)([O-])C(c1ccccc1)S(=O)(=O)[O-].[Cs+].[Cs+]. The first-order chi connectivity index (χ1) is 6.73. The summed E-state index contributed by atoms with van der Waals surface area (Å²) in [5.41, 5.74) is -0.345. The third-order valence-corrected chi connectivity index (χ3v) is 4.60. The van der Waals surface area contributed by atoms with Gasteiger partial charge in [0, 0.05) is 0 Å². The average Bonchev–Trinajstić information content (AvgIpc) is 2.00. The summed E-state index contributed by atoms with van der Waals surface area (Å²) in [5, 5.41) is 0. The third kappa shape index (κ3) is 7.64. The van der Waals surface area contributed by atoms with E-state index in [0.717, 1.165) is 12.1 Å². The smallest absolute Gasteiger partial charge is 0.747 e. The van der Waals surface area contributed by atoms with Crippen LogP contribution in [0.1, 0.15) is 10.1 Å². The Morgan fingerprint density at radius 3 is 1.47 bits per heavy atom. The number of hydrogen-bond acceptors (Lipinski definition) is 6. The second kappa shape index (κ2) is 9.22. The van der Waals surface area contributed by atoms with E-state index in [0.29, 0.717) is 0 Å². The van der Waals surface area contributed by atoms with Crippen LogP contribution in [-0.4, -0.2) is 25.9 Å². The summed E-state index contributed by atoms with van der Waals surface area (Å²) in [6, 6.07) is 6.35. The van der Waals surface area contributed by atoms with Crippen LogP contribution in [0.5, 0.6) is 0 Å². The normalized spacial score (nSPS) is 11.5. The Kier molecular flexibility index (Phi) is 12.2. The quantitative estimate of drug-likeness (QED) is 0.370. The molecule has 0 bridgehead atoms. The van der Waals surface area contributed by atoms with Gasteiger partial charge in [0.1, 0.15) is 20.2 Å². The molecule has 0 heterocycles. The summed E-state index contributed by atoms with van der Waals surface area (Å²) in [4.78, 5) is 0. The molecule has 0 fully saturated rings. The fourth-order valence-electron chi connectivity index (χ4n) is 1.09. The van der Waals surface area contributed by atoms with Crippen molar-refractivity contribution in [2.45, 2.75) is 4.58 Å². The van der Waals surface area contributed by atoms with Crippen LogP contribution in [0, 0.1) is 0 Å². The second-order valence-corrected chi connectivity index (χ2v) is 5.94. The summed E-state index contributed by atoms with van der Waals surface area (Å²) in [6.07, 6.45) is 0. The van der Waals surface area contributed by atoms with Crippen molar-refractivity contribution in [3.05, 3.63) is 35.9 Å². The van der Waals surface area contributed by atoms with Crippen molar-refractivity contribution in [1.82, 2.24) is 0 Å². The van der Waals surface area contributed by atoms with Crippen LogP contribution in [0.15, 0.2) is 30.3 Å². The van der Waals surface area contributed by atoms with Gasteiger partial charge in [-0.15, -0.1) is 0 Å². The van der Waals surface area contributed by atoms with Gasteiger partial charge >= 0.3 is 138 Å². The Morgan fingerprint density at radius 2 is 1.18 bits per heavy atom. The molecule has 0 radical (unpaired) electrons. The first kappa shape index (κ1) is 22.4. The van der Waals surface area contributed by atoms with Crippen LogP contribution in [0.25, 0.3) is 0 Å². The van der Waals surface area contributed by atoms with Crippen molar-refractivity contribution in [2.24, 2.45) is 0 Å². The average molecular weight is 516 g/mol. The molecule has 0 aromatic heterocycles. The number of rotatable bonds is 3. The van der Waals surface area contributed by atoms with Gasteiger partial charge in [0.05, 0.1) is 0 Å². The molecule has 6 nitrogen and oxygen atoms in total. The molecule has 10 heteroatoms. The van der Waals surface area contributed by atoms with E-state index in [4.69, 9.17) is 0 Å². The van der Waals surface area contributed by atoms with Gasteiger partial charge in [-0.25, -0.2) is 16.8 Å². The van der Waals surface area contributed by atoms with E-state index in [1.54, 1.807) is 0 Å². The van der Waals surface area contributed by atoms with Crippen LogP contribution >= 0.6 is 0 Å². The maximum absolute atomic E-state index is 10.6. The molecule has 0 N–H and O–H groups in total. The van der Waals surface area contributed by atoms with Crippen LogP contribution in [0.3, 0.4) is 0 Å². The van der Waals surface area contributed by atoms with Gasteiger partial charge < -0.3 is 9.11 Å². The standard InChI is InChI=1S/C7H8O6S2.2Cs/c8-14(9,10)7(15(11,12)13)6-4-2-1-3-5-6;;/h1-5,7H,(H,8,9,10)(H,11,12,13);;/q;2*+1/p-2. The van der Waals surface area contributed by atoms with Crippen molar-refractivity contribution in [3.63, 3.8) is 0 Å². The van der Waals surface area contributed by atoms with Gasteiger partial charge in [-0.2, -0.15) is 0 Å². The predicted octanol–water partition coefficient (Wildman–Crippen LogP) is -6.22. The van der Waals surface area contributed by atoms with E-state index in [2.05, 4.69) is 0 Å². The maximum Gasteiger partial charge on any atom is 1.00 e. The Bertz CT molecular complexity index is 507. The third-order valence-electron chi connectivity index (χ3n) is 1.60. The molecule has 1 rings (SSSR count). The molecule has 0 saturated carbocycles. The molecule has 0 aliphatic heterocycles. The van der Waals surface area contributed by atoms with Gasteiger partial charge in [-0.05, 0) is 5.56 Å². The van der Waals surface area contributed by atoms with E-state index in [-0.39, 0.29) is 143 Å². The van der Waals surface area contributed by atoms with Gasteiger partial charge in [0.15, 0.2) is 4.58 Å². The minimum Gasteiger partial charge on any atom is -0.747 e. The summed E-state index contributed by atoms with van der Waals surface area (Å²) in [7, 11) is -10.5. The van der Waals surface area contributed by atoms with E-state index < -0.39 is 24.8 Å². The Hall–Kier alpha value is 3.14. The van der Waals surface area contributed by atoms with Gasteiger partial charge in [-0.3, -0.25) is 0 Å². The first-order valence-electron chi connectivity index (χ1n) is 3.67. The second-order valence-electron chi connectivity index (χ2n) is 2.73. The van der Waals surface area contributed by atoms with Gasteiger partial charge in [-0.1, -0.05) is 30.3 Å². The van der Waals surface area contributed by atoms with Crippen LogP contribution in [-0.2, 0) is 20.2 Å².